The maximum atomic E-state index is 12.8. The van der Waals surface area contributed by atoms with Crippen molar-refractivity contribution in [3.8, 4) is 0 Å². The molecule has 8 heteroatoms. The van der Waals surface area contributed by atoms with Crippen LogP contribution in [0.15, 0.2) is 11.0 Å². The van der Waals surface area contributed by atoms with Crippen LogP contribution in [0.4, 0.5) is 5.69 Å². The molecule has 1 aromatic rings. The average Bonchev–Trinajstić information content (AvgIpc) is 3.30. The first-order valence-corrected chi connectivity index (χ1v) is 11.4. The third-order valence-electron chi connectivity index (χ3n) is 6.59. The molecule has 2 aliphatic heterocycles. The van der Waals surface area contributed by atoms with E-state index in [1.165, 1.54) is 4.68 Å². The van der Waals surface area contributed by atoms with E-state index in [0.29, 0.717) is 17.5 Å². The molecular formula is C21H31ClN4O3. The van der Waals surface area contributed by atoms with Crippen LogP contribution in [0.1, 0.15) is 57.4 Å². The lowest BCUT2D eigenvalue weighted by Crippen LogP contribution is -2.37. The number of nitrogens with zero attached hydrogens (tertiary/aromatic N) is 3. The van der Waals surface area contributed by atoms with E-state index in [-0.39, 0.29) is 22.5 Å². The van der Waals surface area contributed by atoms with Gasteiger partial charge in [-0.05, 0) is 57.3 Å². The standard InChI is InChI=1S/C21H31ClN4O3/c22-19-18(23-12-15-4-3-11-29-14-15)13-24-26(21(19)28)17-7-5-16(6-8-17)20(27)25-9-1-2-10-25/h13,15-17,23H,1-12,14H2/t15-,16-,17+/m1/s1. The van der Waals surface area contributed by atoms with Crippen molar-refractivity contribution >= 4 is 23.2 Å². The fourth-order valence-electron chi connectivity index (χ4n) is 4.81. The van der Waals surface area contributed by atoms with E-state index in [2.05, 4.69) is 10.4 Å². The van der Waals surface area contributed by atoms with Gasteiger partial charge in [0, 0.05) is 32.2 Å². The molecule has 0 bridgehead atoms. The summed E-state index contributed by atoms with van der Waals surface area (Å²) in [5, 5.41) is 7.87. The number of hydrogen-bond donors (Lipinski definition) is 1. The predicted octanol–water partition coefficient (Wildman–Crippen LogP) is 3.09. The van der Waals surface area contributed by atoms with Crippen molar-refractivity contribution in [2.75, 3.05) is 38.2 Å². The summed E-state index contributed by atoms with van der Waals surface area (Å²) in [5.41, 5.74) is 0.349. The molecule has 3 heterocycles. The zero-order chi connectivity index (χ0) is 20.2. The maximum absolute atomic E-state index is 12.8. The summed E-state index contributed by atoms with van der Waals surface area (Å²) in [6.45, 7) is 4.11. The van der Waals surface area contributed by atoms with Gasteiger partial charge in [0.15, 0.2) is 0 Å². The van der Waals surface area contributed by atoms with Crippen LogP contribution in [0.25, 0.3) is 0 Å². The largest absolute Gasteiger partial charge is 0.382 e. The van der Waals surface area contributed by atoms with E-state index in [0.717, 1.165) is 84.2 Å². The minimum Gasteiger partial charge on any atom is -0.382 e. The van der Waals surface area contributed by atoms with E-state index >= 15 is 0 Å². The number of amides is 1. The second-order valence-electron chi connectivity index (χ2n) is 8.62. The van der Waals surface area contributed by atoms with Gasteiger partial charge in [0.25, 0.3) is 5.56 Å². The molecule has 4 rings (SSSR count). The van der Waals surface area contributed by atoms with Crippen molar-refractivity contribution in [3.63, 3.8) is 0 Å². The van der Waals surface area contributed by atoms with E-state index in [1.54, 1.807) is 6.20 Å². The first-order chi connectivity index (χ1) is 14.1. The van der Waals surface area contributed by atoms with Crippen molar-refractivity contribution in [2.45, 2.75) is 57.4 Å². The summed E-state index contributed by atoms with van der Waals surface area (Å²) in [5.74, 6) is 0.824. The lowest BCUT2D eigenvalue weighted by molar-refractivity contribution is -0.135. The molecule has 160 valence electrons. The van der Waals surface area contributed by atoms with Crippen LogP contribution in [0.2, 0.25) is 5.02 Å². The summed E-state index contributed by atoms with van der Waals surface area (Å²) >= 11 is 6.37. The van der Waals surface area contributed by atoms with Crippen molar-refractivity contribution in [3.05, 3.63) is 21.6 Å². The molecular weight excluding hydrogens is 392 g/mol. The van der Waals surface area contributed by atoms with Crippen LogP contribution in [0.3, 0.4) is 0 Å². The molecule has 3 fully saturated rings. The Morgan fingerprint density at radius 1 is 1.17 bits per heavy atom. The van der Waals surface area contributed by atoms with Gasteiger partial charge in [0.05, 0.1) is 24.5 Å². The van der Waals surface area contributed by atoms with Gasteiger partial charge in [-0.1, -0.05) is 11.6 Å². The molecule has 1 aliphatic carbocycles. The van der Waals surface area contributed by atoms with E-state index < -0.39 is 0 Å². The number of likely N-dealkylation sites (tertiary alicyclic amines) is 1. The monoisotopic (exact) mass is 422 g/mol. The number of halogens is 1. The fraction of sp³-hybridized carbons (Fsp3) is 0.762. The van der Waals surface area contributed by atoms with E-state index in [9.17, 15) is 9.59 Å². The highest BCUT2D eigenvalue weighted by Crippen LogP contribution is 2.33. The van der Waals surface area contributed by atoms with Crippen molar-refractivity contribution in [2.24, 2.45) is 11.8 Å². The summed E-state index contributed by atoms with van der Waals surface area (Å²) < 4.78 is 7.02. The second kappa shape index (κ2) is 9.47. The third-order valence-corrected chi connectivity index (χ3v) is 6.95. The SMILES string of the molecule is O=c1c(Cl)c(NC[C@H]2CCCOC2)cnn1[C@H]1CC[C@@H](C(=O)N2CCCC2)CC1. The zero-order valence-corrected chi connectivity index (χ0v) is 17.7. The second-order valence-corrected chi connectivity index (χ2v) is 9.00. The minimum absolute atomic E-state index is 0.0171. The molecule has 3 aliphatic rings. The summed E-state index contributed by atoms with van der Waals surface area (Å²) in [4.78, 5) is 27.4. The van der Waals surface area contributed by atoms with E-state index in [1.807, 2.05) is 4.90 Å². The third kappa shape index (κ3) is 4.77. The predicted molar refractivity (Wildman–Crippen MR) is 112 cm³/mol. The highest BCUT2D eigenvalue weighted by atomic mass is 35.5. The molecule has 0 unspecified atom stereocenters. The van der Waals surface area contributed by atoms with Gasteiger partial charge in [-0.3, -0.25) is 9.59 Å². The molecule has 2 saturated heterocycles. The van der Waals surface area contributed by atoms with Crippen LogP contribution in [0.5, 0.6) is 0 Å². The van der Waals surface area contributed by atoms with Crippen LogP contribution >= 0.6 is 11.6 Å². The topological polar surface area (TPSA) is 76.5 Å². The molecule has 7 nitrogen and oxygen atoms in total. The first kappa shape index (κ1) is 20.7. The van der Waals surface area contributed by atoms with Gasteiger partial charge < -0.3 is 15.0 Å². The molecule has 0 radical (unpaired) electrons. The minimum atomic E-state index is -0.245. The van der Waals surface area contributed by atoms with Gasteiger partial charge >= 0.3 is 0 Å². The van der Waals surface area contributed by atoms with Gasteiger partial charge in [-0.25, -0.2) is 4.68 Å². The number of carbonyl (C=O) groups is 1. The number of aromatic nitrogens is 2. The molecule has 29 heavy (non-hydrogen) atoms. The van der Waals surface area contributed by atoms with Crippen LogP contribution in [-0.4, -0.2) is 53.4 Å². The molecule has 1 saturated carbocycles. The van der Waals surface area contributed by atoms with Crippen molar-refractivity contribution in [1.82, 2.24) is 14.7 Å². The number of ether oxygens (including phenoxy) is 1. The van der Waals surface area contributed by atoms with Gasteiger partial charge in [0.1, 0.15) is 5.02 Å². The molecule has 1 amide bonds. The summed E-state index contributed by atoms with van der Waals surface area (Å²) in [7, 11) is 0. The molecule has 0 spiro atoms. The zero-order valence-electron chi connectivity index (χ0n) is 16.9. The van der Waals surface area contributed by atoms with Crippen molar-refractivity contribution in [1.29, 1.82) is 0 Å². The smallest absolute Gasteiger partial charge is 0.287 e. The molecule has 1 N–H and O–H groups in total. The Labute approximate surface area is 176 Å². The lowest BCUT2D eigenvalue weighted by atomic mass is 9.85. The normalized spacial score (nSPS) is 27.8. The highest BCUT2D eigenvalue weighted by molar-refractivity contribution is 6.32. The lowest BCUT2D eigenvalue weighted by Gasteiger charge is -2.30. The average molecular weight is 423 g/mol. The number of nitrogens with one attached hydrogen (secondary N) is 1. The van der Waals surface area contributed by atoms with Gasteiger partial charge in [-0.15, -0.1) is 0 Å². The Morgan fingerprint density at radius 2 is 1.93 bits per heavy atom. The fourth-order valence-corrected chi connectivity index (χ4v) is 5.02. The Balaban J connectivity index is 1.34. The Kier molecular flexibility index (Phi) is 6.75. The number of anilines is 1. The summed E-state index contributed by atoms with van der Waals surface area (Å²) in [6, 6.07) is 0.0171. The van der Waals surface area contributed by atoms with E-state index in [4.69, 9.17) is 16.3 Å². The van der Waals surface area contributed by atoms with Crippen molar-refractivity contribution < 1.29 is 9.53 Å². The maximum Gasteiger partial charge on any atom is 0.287 e. The van der Waals surface area contributed by atoms with Gasteiger partial charge in [0.2, 0.25) is 5.91 Å². The quantitative estimate of drug-likeness (QED) is 0.789. The highest BCUT2D eigenvalue weighted by Gasteiger charge is 2.32. The number of carbonyl (C=O) groups excluding carboxylic acids is 1. The molecule has 1 atom stereocenters. The Morgan fingerprint density at radius 3 is 2.62 bits per heavy atom. The van der Waals surface area contributed by atoms with Crippen LogP contribution in [0, 0.1) is 11.8 Å². The van der Waals surface area contributed by atoms with Crippen LogP contribution < -0.4 is 10.9 Å². The number of rotatable bonds is 5. The molecule has 1 aromatic heterocycles. The number of hydrogen-bond acceptors (Lipinski definition) is 5. The molecule has 0 aromatic carbocycles. The van der Waals surface area contributed by atoms with Crippen LogP contribution in [-0.2, 0) is 9.53 Å². The Bertz CT molecular complexity index is 764. The summed E-state index contributed by atoms with van der Waals surface area (Å²) in [6.07, 6.45) is 9.30. The Hall–Kier alpha value is -1.60. The van der Waals surface area contributed by atoms with Gasteiger partial charge in [-0.2, -0.15) is 5.10 Å². The first-order valence-electron chi connectivity index (χ1n) is 11.0.